The van der Waals surface area contributed by atoms with E-state index in [1.54, 1.807) is 0 Å². The lowest BCUT2D eigenvalue weighted by atomic mass is 10.0. The molecule has 2 rings (SSSR count). The minimum Gasteiger partial charge on any atom is -0.396 e. The second kappa shape index (κ2) is 3.95. The SMILES string of the molecule is OCCC1(CNC2CCNC2)CC1. The highest BCUT2D eigenvalue weighted by Gasteiger charge is 2.41. The van der Waals surface area contributed by atoms with Gasteiger partial charge < -0.3 is 15.7 Å². The molecule has 0 amide bonds. The van der Waals surface area contributed by atoms with Crippen molar-refractivity contribution in [2.24, 2.45) is 5.41 Å². The van der Waals surface area contributed by atoms with E-state index in [1.807, 2.05) is 0 Å². The number of hydrogen-bond donors (Lipinski definition) is 3. The van der Waals surface area contributed by atoms with E-state index in [2.05, 4.69) is 10.6 Å². The molecule has 3 heteroatoms. The fourth-order valence-corrected chi connectivity index (χ4v) is 2.12. The number of nitrogens with one attached hydrogen (secondary N) is 2. The summed E-state index contributed by atoms with van der Waals surface area (Å²) in [5, 5.41) is 15.8. The van der Waals surface area contributed by atoms with Gasteiger partial charge in [-0.25, -0.2) is 0 Å². The zero-order chi connectivity index (χ0) is 9.15. The van der Waals surface area contributed by atoms with Gasteiger partial charge in [-0.2, -0.15) is 0 Å². The zero-order valence-electron chi connectivity index (χ0n) is 8.18. The van der Waals surface area contributed by atoms with Crippen molar-refractivity contribution < 1.29 is 5.11 Å². The van der Waals surface area contributed by atoms with Crippen LogP contribution in [0.3, 0.4) is 0 Å². The van der Waals surface area contributed by atoms with Gasteiger partial charge in [0.05, 0.1) is 0 Å². The third-order valence-corrected chi connectivity index (χ3v) is 3.43. The van der Waals surface area contributed by atoms with Gasteiger partial charge in [-0.15, -0.1) is 0 Å². The van der Waals surface area contributed by atoms with Gasteiger partial charge in [0.25, 0.3) is 0 Å². The molecule has 1 unspecified atom stereocenters. The maximum Gasteiger partial charge on any atom is 0.0436 e. The predicted molar refractivity (Wildman–Crippen MR) is 52.6 cm³/mol. The summed E-state index contributed by atoms with van der Waals surface area (Å²) in [6.45, 7) is 3.74. The van der Waals surface area contributed by atoms with Gasteiger partial charge >= 0.3 is 0 Å². The molecule has 76 valence electrons. The van der Waals surface area contributed by atoms with E-state index in [9.17, 15) is 0 Å². The highest BCUT2D eigenvalue weighted by atomic mass is 16.3. The Morgan fingerprint density at radius 1 is 1.46 bits per heavy atom. The maximum absolute atomic E-state index is 8.89. The van der Waals surface area contributed by atoms with Crippen LogP contribution in [0.25, 0.3) is 0 Å². The molecule has 1 saturated heterocycles. The van der Waals surface area contributed by atoms with Crippen molar-refractivity contribution in [3.63, 3.8) is 0 Å². The lowest BCUT2D eigenvalue weighted by Gasteiger charge is -2.18. The molecule has 1 aliphatic heterocycles. The molecule has 1 heterocycles. The molecule has 0 radical (unpaired) electrons. The molecule has 0 aromatic rings. The number of aliphatic hydroxyl groups excluding tert-OH is 1. The van der Waals surface area contributed by atoms with Crippen LogP contribution in [0.4, 0.5) is 0 Å². The maximum atomic E-state index is 8.89. The lowest BCUT2D eigenvalue weighted by Crippen LogP contribution is -2.35. The van der Waals surface area contributed by atoms with Crippen LogP contribution < -0.4 is 10.6 Å². The van der Waals surface area contributed by atoms with Gasteiger partial charge in [-0.3, -0.25) is 0 Å². The van der Waals surface area contributed by atoms with Crippen LogP contribution in [-0.2, 0) is 0 Å². The molecule has 0 aromatic carbocycles. The van der Waals surface area contributed by atoms with E-state index >= 15 is 0 Å². The van der Waals surface area contributed by atoms with Crippen molar-refractivity contribution in [2.45, 2.75) is 31.7 Å². The molecule has 0 spiro atoms. The van der Waals surface area contributed by atoms with Crippen molar-refractivity contribution in [2.75, 3.05) is 26.2 Å². The molecule has 0 bridgehead atoms. The molecule has 13 heavy (non-hydrogen) atoms. The molecular weight excluding hydrogens is 164 g/mol. The first-order valence-corrected chi connectivity index (χ1v) is 5.40. The first kappa shape index (κ1) is 9.44. The average Bonchev–Trinajstić information content (AvgIpc) is 2.71. The van der Waals surface area contributed by atoms with Gasteiger partial charge in [-0.1, -0.05) is 0 Å². The van der Waals surface area contributed by atoms with Crippen LogP contribution in [0.5, 0.6) is 0 Å². The summed E-state index contributed by atoms with van der Waals surface area (Å²) in [6.07, 6.45) is 4.86. The third-order valence-electron chi connectivity index (χ3n) is 3.43. The Kier molecular flexibility index (Phi) is 2.86. The average molecular weight is 184 g/mol. The summed E-state index contributed by atoms with van der Waals surface area (Å²) < 4.78 is 0. The van der Waals surface area contributed by atoms with Gasteiger partial charge in [0.2, 0.25) is 0 Å². The minimum atomic E-state index is 0.352. The van der Waals surface area contributed by atoms with Gasteiger partial charge in [0.1, 0.15) is 0 Å². The molecule has 3 nitrogen and oxygen atoms in total. The van der Waals surface area contributed by atoms with E-state index < -0.39 is 0 Å². The Balaban J connectivity index is 1.66. The minimum absolute atomic E-state index is 0.352. The zero-order valence-corrected chi connectivity index (χ0v) is 8.18. The number of aliphatic hydroxyl groups is 1. The summed E-state index contributed by atoms with van der Waals surface area (Å²) >= 11 is 0. The van der Waals surface area contributed by atoms with Crippen molar-refractivity contribution in [3.8, 4) is 0 Å². The second-order valence-electron chi connectivity index (χ2n) is 4.54. The van der Waals surface area contributed by atoms with E-state index in [4.69, 9.17) is 5.11 Å². The molecule has 0 aromatic heterocycles. The molecule has 1 saturated carbocycles. The summed E-state index contributed by atoms with van der Waals surface area (Å²) in [5.74, 6) is 0. The van der Waals surface area contributed by atoms with Crippen LogP contribution in [-0.4, -0.2) is 37.4 Å². The van der Waals surface area contributed by atoms with Crippen LogP contribution in [0.2, 0.25) is 0 Å². The standard InChI is InChI=1S/C10H20N2O/c13-6-4-10(2-3-10)8-12-9-1-5-11-7-9/h9,11-13H,1-8H2. The van der Waals surface area contributed by atoms with Crippen LogP contribution in [0, 0.1) is 5.41 Å². The van der Waals surface area contributed by atoms with Crippen molar-refractivity contribution in [1.82, 2.24) is 10.6 Å². The Hall–Kier alpha value is -0.120. The molecule has 2 fully saturated rings. The predicted octanol–water partition coefficient (Wildman–Crippen LogP) is 0.100. The van der Waals surface area contributed by atoms with E-state index in [0.717, 1.165) is 26.1 Å². The van der Waals surface area contributed by atoms with E-state index in [-0.39, 0.29) is 0 Å². The summed E-state index contributed by atoms with van der Waals surface area (Å²) in [7, 11) is 0. The summed E-state index contributed by atoms with van der Waals surface area (Å²) in [4.78, 5) is 0. The van der Waals surface area contributed by atoms with Crippen LogP contribution in [0.1, 0.15) is 25.7 Å². The van der Waals surface area contributed by atoms with Gasteiger partial charge in [0.15, 0.2) is 0 Å². The Morgan fingerprint density at radius 2 is 2.31 bits per heavy atom. The molecular formula is C10H20N2O. The fraction of sp³-hybridized carbons (Fsp3) is 1.00. The topological polar surface area (TPSA) is 44.3 Å². The summed E-state index contributed by atoms with van der Waals surface area (Å²) in [5.41, 5.74) is 0.470. The first-order chi connectivity index (χ1) is 6.35. The Labute approximate surface area is 79.9 Å². The van der Waals surface area contributed by atoms with Crippen molar-refractivity contribution >= 4 is 0 Å². The monoisotopic (exact) mass is 184 g/mol. The quantitative estimate of drug-likeness (QED) is 0.568. The van der Waals surface area contributed by atoms with Crippen LogP contribution >= 0.6 is 0 Å². The summed E-state index contributed by atoms with van der Waals surface area (Å²) in [6, 6.07) is 0.677. The second-order valence-corrected chi connectivity index (χ2v) is 4.54. The lowest BCUT2D eigenvalue weighted by molar-refractivity contribution is 0.242. The molecule has 3 N–H and O–H groups in total. The van der Waals surface area contributed by atoms with Gasteiger partial charge in [-0.05, 0) is 37.6 Å². The fourth-order valence-electron chi connectivity index (χ4n) is 2.12. The van der Waals surface area contributed by atoms with Crippen molar-refractivity contribution in [3.05, 3.63) is 0 Å². The smallest absolute Gasteiger partial charge is 0.0436 e. The largest absolute Gasteiger partial charge is 0.396 e. The number of hydrogen-bond acceptors (Lipinski definition) is 3. The van der Waals surface area contributed by atoms with E-state index in [0.29, 0.717) is 18.1 Å². The Morgan fingerprint density at radius 3 is 2.85 bits per heavy atom. The molecule has 1 aliphatic carbocycles. The van der Waals surface area contributed by atoms with Crippen molar-refractivity contribution in [1.29, 1.82) is 0 Å². The highest BCUT2D eigenvalue weighted by Crippen LogP contribution is 2.47. The normalized spacial score (nSPS) is 30.7. The molecule has 2 aliphatic rings. The number of rotatable bonds is 5. The molecule has 1 atom stereocenters. The first-order valence-electron chi connectivity index (χ1n) is 5.40. The third kappa shape index (κ3) is 2.42. The van der Waals surface area contributed by atoms with E-state index in [1.165, 1.54) is 19.3 Å². The highest BCUT2D eigenvalue weighted by molar-refractivity contribution is 4.95. The van der Waals surface area contributed by atoms with Crippen LogP contribution in [0.15, 0.2) is 0 Å². The Bertz CT molecular complexity index is 162. The van der Waals surface area contributed by atoms with Gasteiger partial charge in [0, 0.05) is 25.7 Å².